The smallest absolute Gasteiger partial charge is 0.139 e. The summed E-state index contributed by atoms with van der Waals surface area (Å²) >= 11 is 0. The van der Waals surface area contributed by atoms with Crippen molar-refractivity contribution in [2.24, 2.45) is 0 Å². The second-order valence-corrected chi connectivity index (χ2v) is 3.97. The predicted octanol–water partition coefficient (Wildman–Crippen LogP) is 3.35. The molecule has 0 saturated carbocycles. The van der Waals surface area contributed by atoms with E-state index in [9.17, 15) is 0 Å². The van der Waals surface area contributed by atoms with E-state index in [1.165, 1.54) is 0 Å². The normalized spacial score (nSPS) is 10.1. The van der Waals surface area contributed by atoms with Crippen molar-refractivity contribution in [3.05, 3.63) is 42.7 Å². The van der Waals surface area contributed by atoms with Gasteiger partial charge in [-0.1, -0.05) is 30.3 Å². The van der Waals surface area contributed by atoms with Crippen molar-refractivity contribution in [3.63, 3.8) is 0 Å². The minimum absolute atomic E-state index is 0.857. The van der Waals surface area contributed by atoms with Crippen LogP contribution >= 0.6 is 0 Å². The van der Waals surface area contributed by atoms with Gasteiger partial charge >= 0.3 is 0 Å². The molecule has 0 N–H and O–H groups in total. The van der Waals surface area contributed by atoms with E-state index >= 15 is 0 Å². The Morgan fingerprint density at radius 2 is 2.00 bits per heavy atom. The number of aromatic nitrogens is 2. The summed E-state index contributed by atoms with van der Waals surface area (Å²) in [4.78, 5) is 4.41. The fourth-order valence-corrected chi connectivity index (χ4v) is 1.85. The summed E-state index contributed by atoms with van der Waals surface area (Å²) in [6, 6.07) is 10.3. The number of imidazole rings is 1. The Morgan fingerprint density at radius 3 is 2.76 bits per heavy atom. The van der Waals surface area contributed by atoms with Crippen LogP contribution in [0.3, 0.4) is 0 Å². The second kappa shape index (κ2) is 5.91. The van der Waals surface area contributed by atoms with Crippen LogP contribution in [0.25, 0.3) is 11.4 Å². The van der Waals surface area contributed by atoms with E-state index in [0.717, 1.165) is 37.2 Å². The van der Waals surface area contributed by atoms with Gasteiger partial charge in [0.2, 0.25) is 0 Å². The molecule has 0 spiro atoms. The number of aryl methyl sites for hydroxylation is 1. The van der Waals surface area contributed by atoms with Gasteiger partial charge in [-0.25, -0.2) is 4.98 Å². The van der Waals surface area contributed by atoms with Gasteiger partial charge in [-0.3, -0.25) is 0 Å². The first kappa shape index (κ1) is 11.5. The molecule has 2 rings (SSSR count). The van der Waals surface area contributed by atoms with Gasteiger partial charge in [0.25, 0.3) is 0 Å². The van der Waals surface area contributed by atoms with Gasteiger partial charge in [-0.05, 0) is 12.8 Å². The predicted molar refractivity (Wildman–Crippen MR) is 70.3 cm³/mol. The summed E-state index contributed by atoms with van der Waals surface area (Å²) in [5.74, 6) is 3.70. The number of hydrogen-bond donors (Lipinski definition) is 0. The van der Waals surface area contributed by atoms with Crippen LogP contribution in [0.5, 0.6) is 0 Å². The number of unbranched alkanes of at least 4 members (excludes halogenated alkanes) is 2. The highest BCUT2D eigenvalue weighted by Crippen LogP contribution is 2.17. The van der Waals surface area contributed by atoms with Gasteiger partial charge in [0.1, 0.15) is 5.82 Å². The van der Waals surface area contributed by atoms with Crippen LogP contribution < -0.4 is 0 Å². The molecule has 17 heavy (non-hydrogen) atoms. The van der Waals surface area contributed by atoms with E-state index in [0.29, 0.717) is 0 Å². The minimum atomic E-state index is 0.857. The molecule has 86 valence electrons. The summed E-state index contributed by atoms with van der Waals surface area (Å²) < 4.78 is 2.19. The zero-order valence-electron chi connectivity index (χ0n) is 9.84. The quantitative estimate of drug-likeness (QED) is 0.562. The minimum Gasteiger partial charge on any atom is -0.331 e. The summed E-state index contributed by atoms with van der Waals surface area (Å²) in [5, 5.41) is 0. The Kier molecular flexibility index (Phi) is 3.99. The Balaban J connectivity index is 2.05. The topological polar surface area (TPSA) is 17.8 Å². The molecule has 0 unspecified atom stereocenters. The van der Waals surface area contributed by atoms with Crippen molar-refractivity contribution in [2.45, 2.75) is 25.8 Å². The molecular formula is C15H16N2. The van der Waals surface area contributed by atoms with Crippen molar-refractivity contribution >= 4 is 0 Å². The molecule has 1 aromatic heterocycles. The van der Waals surface area contributed by atoms with Crippen LogP contribution in [0, 0.1) is 12.3 Å². The van der Waals surface area contributed by atoms with Crippen LogP contribution in [-0.2, 0) is 6.54 Å². The third-order valence-corrected chi connectivity index (χ3v) is 2.72. The molecule has 2 heteroatoms. The highest BCUT2D eigenvalue weighted by atomic mass is 15.1. The Hall–Kier alpha value is -2.01. The van der Waals surface area contributed by atoms with Crippen molar-refractivity contribution in [3.8, 4) is 23.7 Å². The maximum atomic E-state index is 5.24. The van der Waals surface area contributed by atoms with Gasteiger partial charge < -0.3 is 4.57 Å². The number of nitrogens with zero attached hydrogens (tertiary/aromatic N) is 2. The molecule has 2 nitrogen and oxygen atoms in total. The summed E-state index contributed by atoms with van der Waals surface area (Å²) in [6.07, 6.45) is 12.1. The lowest BCUT2D eigenvalue weighted by Gasteiger charge is -2.07. The maximum Gasteiger partial charge on any atom is 0.139 e. The SMILES string of the molecule is C#CCCCCn1ccnc1-c1ccccc1. The third kappa shape index (κ3) is 2.98. The van der Waals surface area contributed by atoms with Crippen LogP contribution in [0.1, 0.15) is 19.3 Å². The van der Waals surface area contributed by atoms with E-state index in [-0.39, 0.29) is 0 Å². The van der Waals surface area contributed by atoms with Gasteiger partial charge in [0, 0.05) is 30.9 Å². The zero-order valence-corrected chi connectivity index (χ0v) is 9.84. The molecule has 0 fully saturated rings. The Labute approximate surface area is 102 Å². The Morgan fingerprint density at radius 1 is 1.18 bits per heavy atom. The number of rotatable bonds is 5. The first-order valence-corrected chi connectivity index (χ1v) is 5.92. The van der Waals surface area contributed by atoms with Gasteiger partial charge in [0.15, 0.2) is 0 Å². The average molecular weight is 224 g/mol. The van der Waals surface area contributed by atoms with E-state index in [1.54, 1.807) is 0 Å². The lowest BCUT2D eigenvalue weighted by atomic mass is 10.2. The van der Waals surface area contributed by atoms with E-state index in [1.807, 2.05) is 30.6 Å². The highest BCUT2D eigenvalue weighted by molar-refractivity contribution is 5.54. The van der Waals surface area contributed by atoms with E-state index in [2.05, 4.69) is 27.6 Å². The van der Waals surface area contributed by atoms with Crippen molar-refractivity contribution in [1.29, 1.82) is 0 Å². The first-order chi connectivity index (χ1) is 8.42. The second-order valence-electron chi connectivity index (χ2n) is 3.97. The highest BCUT2D eigenvalue weighted by Gasteiger charge is 2.04. The van der Waals surface area contributed by atoms with E-state index < -0.39 is 0 Å². The molecule has 2 aromatic rings. The zero-order chi connectivity index (χ0) is 11.9. The molecule has 0 aliphatic heterocycles. The monoisotopic (exact) mass is 224 g/mol. The van der Waals surface area contributed by atoms with Crippen LogP contribution in [-0.4, -0.2) is 9.55 Å². The molecule has 0 amide bonds. The molecule has 0 radical (unpaired) electrons. The first-order valence-electron chi connectivity index (χ1n) is 5.92. The molecule has 0 bridgehead atoms. The summed E-state index contributed by atoms with van der Waals surface area (Å²) in [7, 11) is 0. The lowest BCUT2D eigenvalue weighted by Crippen LogP contribution is -1.99. The fourth-order valence-electron chi connectivity index (χ4n) is 1.85. The van der Waals surface area contributed by atoms with Gasteiger partial charge in [0.05, 0.1) is 0 Å². The third-order valence-electron chi connectivity index (χ3n) is 2.72. The summed E-state index contributed by atoms with van der Waals surface area (Å²) in [6.45, 7) is 0.978. The molecule has 0 saturated heterocycles. The largest absolute Gasteiger partial charge is 0.331 e. The summed E-state index contributed by atoms with van der Waals surface area (Å²) in [5.41, 5.74) is 1.16. The molecule has 1 heterocycles. The molecule has 0 aliphatic rings. The van der Waals surface area contributed by atoms with Crippen molar-refractivity contribution in [2.75, 3.05) is 0 Å². The van der Waals surface area contributed by atoms with Gasteiger partial charge in [-0.15, -0.1) is 12.3 Å². The van der Waals surface area contributed by atoms with Gasteiger partial charge in [-0.2, -0.15) is 0 Å². The average Bonchev–Trinajstić information content (AvgIpc) is 2.84. The van der Waals surface area contributed by atoms with Crippen molar-refractivity contribution in [1.82, 2.24) is 9.55 Å². The van der Waals surface area contributed by atoms with Crippen LogP contribution in [0.15, 0.2) is 42.7 Å². The lowest BCUT2D eigenvalue weighted by molar-refractivity contribution is 0.622. The van der Waals surface area contributed by atoms with Crippen LogP contribution in [0.2, 0.25) is 0 Å². The maximum absolute atomic E-state index is 5.24. The van der Waals surface area contributed by atoms with E-state index in [4.69, 9.17) is 6.42 Å². The van der Waals surface area contributed by atoms with Crippen molar-refractivity contribution < 1.29 is 0 Å². The Bertz CT molecular complexity index is 491. The fraction of sp³-hybridized carbons (Fsp3) is 0.267. The standard InChI is InChI=1S/C15H16N2/c1-2-3-4-8-12-17-13-11-16-15(17)14-9-6-5-7-10-14/h1,5-7,9-11,13H,3-4,8,12H2. The molecule has 0 aliphatic carbocycles. The number of hydrogen-bond acceptors (Lipinski definition) is 1. The molecular weight excluding hydrogens is 208 g/mol. The molecule has 0 atom stereocenters. The molecule has 1 aromatic carbocycles. The van der Waals surface area contributed by atoms with Crippen LogP contribution in [0.4, 0.5) is 0 Å². The number of terminal acetylenes is 1. The number of benzene rings is 1.